The Kier molecular flexibility index (Phi) is 9.18. The Bertz CT molecular complexity index is 982. The number of rotatable bonds is 7. The van der Waals surface area contributed by atoms with Crippen LogP contribution in [0.5, 0.6) is 0 Å². The number of hydrogen-bond donors (Lipinski definition) is 2. The van der Waals surface area contributed by atoms with Gasteiger partial charge in [0.2, 0.25) is 5.91 Å². The average molecular weight is 582 g/mol. The van der Waals surface area contributed by atoms with E-state index in [1.807, 2.05) is 57.2 Å². The summed E-state index contributed by atoms with van der Waals surface area (Å²) in [5.41, 5.74) is 3.61. The maximum atomic E-state index is 12.8. The highest BCUT2D eigenvalue weighted by Crippen LogP contribution is 2.27. The van der Waals surface area contributed by atoms with Gasteiger partial charge in [-0.1, -0.05) is 52.4 Å². The number of carbonyl (C=O) groups is 2. The van der Waals surface area contributed by atoms with Gasteiger partial charge in [0.1, 0.15) is 0 Å². The molecule has 2 N–H and O–H groups in total. The molecular weight excluding hydrogens is 549 g/mol. The highest BCUT2D eigenvalue weighted by Gasteiger charge is 2.23. The van der Waals surface area contributed by atoms with Gasteiger partial charge in [0, 0.05) is 27.1 Å². The van der Waals surface area contributed by atoms with Crippen LogP contribution in [0.25, 0.3) is 11.1 Å². The Labute approximate surface area is 215 Å². The molecular formula is C26H33ClIN3O2. The topological polar surface area (TPSA) is 61.4 Å². The highest BCUT2D eigenvalue weighted by atomic mass is 127. The van der Waals surface area contributed by atoms with E-state index in [0.29, 0.717) is 29.6 Å². The smallest absolute Gasteiger partial charge is 0.251 e. The van der Waals surface area contributed by atoms with Crippen LogP contribution >= 0.6 is 34.2 Å². The quantitative estimate of drug-likeness (QED) is 0.345. The van der Waals surface area contributed by atoms with E-state index in [1.54, 1.807) is 0 Å². The predicted molar refractivity (Wildman–Crippen MR) is 144 cm³/mol. The SMILES string of the molecule is CC(C)(C)NC(=O)CN1CCC(CNC(=O)c2cccc(-c3cc(Cl)cc(CI)c3)c2)CC1. The first kappa shape index (κ1) is 26.0. The van der Waals surface area contributed by atoms with E-state index >= 15 is 0 Å². The molecule has 1 aliphatic rings. The summed E-state index contributed by atoms with van der Waals surface area (Å²) in [6.45, 7) is 8.82. The number of nitrogens with one attached hydrogen (secondary N) is 2. The van der Waals surface area contributed by atoms with Crippen LogP contribution in [0.1, 0.15) is 49.5 Å². The maximum Gasteiger partial charge on any atom is 0.251 e. The van der Waals surface area contributed by atoms with Crippen LogP contribution in [0.4, 0.5) is 0 Å². The Morgan fingerprint density at radius 1 is 1.09 bits per heavy atom. The summed E-state index contributed by atoms with van der Waals surface area (Å²) in [6, 6.07) is 13.7. The molecule has 2 amide bonds. The zero-order chi connectivity index (χ0) is 24.0. The summed E-state index contributed by atoms with van der Waals surface area (Å²) in [7, 11) is 0. The highest BCUT2D eigenvalue weighted by molar-refractivity contribution is 14.1. The Morgan fingerprint density at radius 3 is 2.48 bits per heavy atom. The number of hydrogen-bond acceptors (Lipinski definition) is 3. The van der Waals surface area contributed by atoms with Gasteiger partial charge < -0.3 is 10.6 Å². The van der Waals surface area contributed by atoms with Crippen molar-refractivity contribution in [3.8, 4) is 11.1 Å². The lowest BCUT2D eigenvalue weighted by Gasteiger charge is -2.32. The first-order chi connectivity index (χ1) is 15.6. The van der Waals surface area contributed by atoms with Crippen molar-refractivity contribution in [1.29, 1.82) is 0 Å². The van der Waals surface area contributed by atoms with Crippen molar-refractivity contribution >= 4 is 46.0 Å². The van der Waals surface area contributed by atoms with E-state index in [0.717, 1.165) is 47.0 Å². The van der Waals surface area contributed by atoms with E-state index < -0.39 is 0 Å². The fourth-order valence-electron chi connectivity index (χ4n) is 4.08. The molecule has 2 aromatic carbocycles. The standard InChI is InChI=1S/C26H33ClIN3O2/c1-26(2,3)30-24(32)17-31-9-7-18(8-10-31)16-29-25(33)21-6-4-5-20(13-21)22-11-19(15-28)12-23(27)14-22/h4-6,11-14,18H,7-10,15-17H2,1-3H3,(H,29,33)(H,30,32). The molecule has 0 aliphatic carbocycles. The fourth-order valence-corrected chi connectivity index (χ4v) is 4.78. The van der Waals surface area contributed by atoms with Gasteiger partial charge in [-0.05, 0) is 93.6 Å². The molecule has 1 heterocycles. The molecule has 0 aromatic heterocycles. The number of alkyl halides is 1. The molecule has 3 rings (SSSR count). The van der Waals surface area contributed by atoms with Crippen LogP contribution in [-0.4, -0.2) is 48.4 Å². The Balaban J connectivity index is 1.50. The summed E-state index contributed by atoms with van der Waals surface area (Å²) in [6.07, 6.45) is 1.95. The summed E-state index contributed by atoms with van der Waals surface area (Å²) < 4.78 is 0.881. The van der Waals surface area contributed by atoms with Gasteiger partial charge in [-0.3, -0.25) is 14.5 Å². The molecule has 0 radical (unpaired) electrons. The van der Waals surface area contributed by atoms with Crippen molar-refractivity contribution < 1.29 is 9.59 Å². The van der Waals surface area contributed by atoms with Gasteiger partial charge in [0.05, 0.1) is 6.54 Å². The normalized spacial score (nSPS) is 15.3. The van der Waals surface area contributed by atoms with Crippen LogP contribution in [0.15, 0.2) is 42.5 Å². The molecule has 33 heavy (non-hydrogen) atoms. The zero-order valence-corrected chi connectivity index (χ0v) is 22.5. The van der Waals surface area contributed by atoms with E-state index in [-0.39, 0.29) is 17.4 Å². The second-order valence-electron chi connectivity index (χ2n) is 9.79. The molecule has 0 atom stereocenters. The first-order valence-electron chi connectivity index (χ1n) is 11.4. The number of likely N-dealkylation sites (tertiary alicyclic amines) is 1. The maximum absolute atomic E-state index is 12.8. The summed E-state index contributed by atoms with van der Waals surface area (Å²) >= 11 is 8.60. The first-order valence-corrected chi connectivity index (χ1v) is 13.3. The minimum atomic E-state index is -0.207. The van der Waals surface area contributed by atoms with Crippen LogP contribution < -0.4 is 10.6 Å². The third-order valence-corrected chi connectivity index (χ3v) is 6.81. The molecule has 0 unspecified atom stereocenters. The molecule has 7 heteroatoms. The van der Waals surface area contributed by atoms with Crippen molar-refractivity contribution in [3.05, 3.63) is 58.6 Å². The third-order valence-electron chi connectivity index (χ3n) is 5.71. The van der Waals surface area contributed by atoms with Gasteiger partial charge in [0.25, 0.3) is 5.91 Å². The molecule has 0 bridgehead atoms. The number of amides is 2. The second-order valence-corrected chi connectivity index (χ2v) is 11.0. The molecule has 1 saturated heterocycles. The molecule has 5 nitrogen and oxygen atoms in total. The van der Waals surface area contributed by atoms with E-state index in [2.05, 4.69) is 44.2 Å². The van der Waals surface area contributed by atoms with Crippen molar-refractivity contribution in [1.82, 2.24) is 15.5 Å². The number of nitrogens with zero attached hydrogens (tertiary/aromatic N) is 1. The van der Waals surface area contributed by atoms with Crippen LogP contribution in [0, 0.1) is 5.92 Å². The van der Waals surface area contributed by atoms with Crippen LogP contribution in [-0.2, 0) is 9.22 Å². The van der Waals surface area contributed by atoms with E-state index in [9.17, 15) is 9.59 Å². The Morgan fingerprint density at radius 2 is 1.82 bits per heavy atom. The number of piperidine rings is 1. The minimum absolute atomic E-state index is 0.0556. The van der Waals surface area contributed by atoms with Crippen molar-refractivity contribution in [2.24, 2.45) is 5.92 Å². The van der Waals surface area contributed by atoms with Gasteiger partial charge in [-0.15, -0.1) is 0 Å². The van der Waals surface area contributed by atoms with E-state index in [4.69, 9.17) is 11.6 Å². The third kappa shape index (κ3) is 8.26. The van der Waals surface area contributed by atoms with Crippen LogP contribution in [0.3, 0.4) is 0 Å². The van der Waals surface area contributed by atoms with Gasteiger partial charge >= 0.3 is 0 Å². The Hall–Kier alpha value is -1.64. The lowest BCUT2D eigenvalue weighted by Crippen LogP contribution is -2.48. The van der Waals surface area contributed by atoms with Crippen molar-refractivity contribution in [3.63, 3.8) is 0 Å². The lowest BCUT2D eigenvalue weighted by molar-refractivity contribution is -0.124. The zero-order valence-electron chi connectivity index (χ0n) is 19.6. The summed E-state index contributed by atoms with van der Waals surface area (Å²) in [5, 5.41) is 6.83. The fraction of sp³-hybridized carbons (Fsp3) is 0.462. The lowest BCUT2D eigenvalue weighted by atomic mass is 9.96. The van der Waals surface area contributed by atoms with Crippen molar-refractivity contribution in [2.45, 2.75) is 43.6 Å². The van der Waals surface area contributed by atoms with Crippen molar-refractivity contribution in [2.75, 3.05) is 26.2 Å². The second kappa shape index (κ2) is 11.7. The summed E-state index contributed by atoms with van der Waals surface area (Å²) in [5.74, 6) is 0.442. The molecule has 1 fully saturated rings. The summed E-state index contributed by atoms with van der Waals surface area (Å²) in [4.78, 5) is 27.1. The minimum Gasteiger partial charge on any atom is -0.352 e. The van der Waals surface area contributed by atoms with Gasteiger partial charge in [-0.2, -0.15) is 0 Å². The predicted octanol–water partition coefficient (Wildman–Crippen LogP) is 5.30. The van der Waals surface area contributed by atoms with Gasteiger partial charge in [0.15, 0.2) is 0 Å². The molecule has 178 valence electrons. The molecule has 0 saturated carbocycles. The number of carbonyl (C=O) groups excluding carboxylic acids is 2. The molecule has 2 aromatic rings. The monoisotopic (exact) mass is 581 g/mol. The van der Waals surface area contributed by atoms with E-state index in [1.165, 1.54) is 0 Å². The largest absolute Gasteiger partial charge is 0.352 e. The average Bonchev–Trinajstić information content (AvgIpc) is 2.76. The van der Waals surface area contributed by atoms with Crippen LogP contribution in [0.2, 0.25) is 5.02 Å². The number of halogens is 2. The molecule has 0 spiro atoms. The number of benzene rings is 2. The molecule has 1 aliphatic heterocycles. The van der Waals surface area contributed by atoms with Gasteiger partial charge in [-0.25, -0.2) is 0 Å².